The fourth-order valence-electron chi connectivity index (χ4n) is 2.23. The third kappa shape index (κ3) is 4.14. The smallest absolute Gasteiger partial charge is 0.321 e. The first-order chi connectivity index (χ1) is 11.7. The third-order valence-electron chi connectivity index (χ3n) is 3.38. The lowest BCUT2D eigenvalue weighted by Gasteiger charge is -2.05. The van der Waals surface area contributed by atoms with Gasteiger partial charge in [0.2, 0.25) is 0 Å². The van der Waals surface area contributed by atoms with Gasteiger partial charge in [-0.25, -0.2) is 9.78 Å². The van der Waals surface area contributed by atoms with Crippen LogP contribution in [0.1, 0.15) is 11.3 Å². The lowest BCUT2D eigenvalue weighted by Crippen LogP contribution is -2.30. The molecule has 6 nitrogen and oxygen atoms in total. The Morgan fingerprint density at radius 1 is 1.17 bits per heavy atom. The number of amides is 2. The molecule has 3 heterocycles. The molecule has 0 aromatic carbocycles. The van der Waals surface area contributed by atoms with Crippen LogP contribution < -0.4 is 10.6 Å². The van der Waals surface area contributed by atoms with Gasteiger partial charge >= 0.3 is 6.03 Å². The van der Waals surface area contributed by atoms with E-state index in [1.54, 1.807) is 24.8 Å². The summed E-state index contributed by atoms with van der Waals surface area (Å²) in [5.41, 5.74) is 3.02. The maximum absolute atomic E-state index is 12.0. The zero-order chi connectivity index (χ0) is 16.8. The fourth-order valence-corrected chi connectivity index (χ4v) is 3.20. The van der Waals surface area contributed by atoms with E-state index < -0.39 is 0 Å². The second kappa shape index (κ2) is 7.65. The van der Waals surface area contributed by atoms with Crippen molar-refractivity contribution in [1.82, 2.24) is 20.3 Å². The summed E-state index contributed by atoms with van der Waals surface area (Å²) in [6, 6.07) is 7.47. The van der Waals surface area contributed by atoms with E-state index in [-0.39, 0.29) is 6.03 Å². The lowest BCUT2D eigenvalue weighted by molar-refractivity contribution is 0.252. The molecule has 2 N–H and O–H groups in total. The van der Waals surface area contributed by atoms with Crippen LogP contribution in [0.4, 0.5) is 9.93 Å². The van der Waals surface area contributed by atoms with Gasteiger partial charge in [-0.05, 0) is 42.7 Å². The van der Waals surface area contributed by atoms with E-state index in [1.807, 2.05) is 31.2 Å². The molecular weight excluding hydrogens is 322 g/mol. The maximum atomic E-state index is 12.0. The summed E-state index contributed by atoms with van der Waals surface area (Å²) >= 11 is 1.45. The van der Waals surface area contributed by atoms with Crippen LogP contribution in [0.2, 0.25) is 0 Å². The fraction of sp³-hybridized carbons (Fsp3) is 0.176. The monoisotopic (exact) mass is 339 g/mol. The Morgan fingerprint density at radius 2 is 2.00 bits per heavy atom. The highest BCUT2D eigenvalue weighted by Crippen LogP contribution is 2.32. The van der Waals surface area contributed by atoms with E-state index in [0.29, 0.717) is 11.7 Å². The molecule has 0 atom stereocenters. The van der Waals surface area contributed by atoms with Crippen molar-refractivity contribution in [3.05, 3.63) is 60.3 Å². The summed E-state index contributed by atoms with van der Waals surface area (Å²) in [4.78, 5) is 25.5. The molecule has 0 aliphatic carbocycles. The van der Waals surface area contributed by atoms with Gasteiger partial charge in [0, 0.05) is 31.3 Å². The molecule has 0 aliphatic rings. The molecule has 24 heavy (non-hydrogen) atoms. The van der Waals surface area contributed by atoms with Gasteiger partial charge in [-0.3, -0.25) is 15.3 Å². The Kier molecular flexibility index (Phi) is 5.12. The Hall–Kier alpha value is -2.80. The number of pyridine rings is 2. The molecule has 2 amide bonds. The molecular formula is C17H17N5OS. The van der Waals surface area contributed by atoms with E-state index in [2.05, 4.69) is 25.6 Å². The minimum Gasteiger partial charge on any atom is -0.337 e. The van der Waals surface area contributed by atoms with E-state index in [9.17, 15) is 4.79 Å². The van der Waals surface area contributed by atoms with Crippen LogP contribution in [0.25, 0.3) is 10.4 Å². The number of thiazole rings is 1. The van der Waals surface area contributed by atoms with Crippen molar-refractivity contribution in [2.24, 2.45) is 0 Å². The molecule has 3 aromatic heterocycles. The summed E-state index contributed by atoms with van der Waals surface area (Å²) in [5, 5.41) is 6.19. The highest BCUT2D eigenvalue weighted by atomic mass is 32.1. The van der Waals surface area contributed by atoms with E-state index in [0.717, 1.165) is 28.1 Å². The van der Waals surface area contributed by atoms with Crippen LogP contribution in [0.3, 0.4) is 0 Å². The Labute approximate surface area is 144 Å². The highest BCUT2D eigenvalue weighted by molar-refractivity contribution is 7.19. The lowest BCUT2D eigenvalue weighted by atomic mass is 10.2. The molecule has 0 saturated carbocycles. The van der Waals surface area contributed by atoms with Crippen molar-refractivity contribution in [3.8, 4) is 10.4 Å². The first kappa shape index (κ1) is 16.1. The van der Waals surface area contributed by atoms with E-state index in [4.69, 9.17) is 0 Å². The van der Waals surface area contributed by atoms with Gasteiger partial charge in [0.1, 0.15) is 0 Å². The van der Waals surface area contributed by atoms with Crippen molar-refractivity contribution in [1.29, 1.82) is 0 Å². The number of hydrogen-bond acceptors (Lipinski definition) is 5. The van der Waals surface area contributed by atoms with Gasteiger partial charge in [-0.15, -0.1) is 0 Å². The van der Waals surface area contributed by atoms with Gasteiger partial charge < -0.3 is 5.32 Å². The predicted molar refractivity (Wildman–Crippen MR) is 95.0 cm³/mol. The van der Waals surface area contributed by atoms with Gasteiger partial charge in [0.25, 0.3) is 0 Å². The number of hydrogen-bond donors (Lipinski definition) is 2. The molecule has 3 aromatic rings. The minimum absolute atomic E-state index is 0.256. The Balaban J connectivity index is 1.55. The van der Waals surface area contributed by atoms with E-state index in [1.165, 1.54) is 11.3 Å². The van der Waals surface area contributed by atoms with E-state index >= 15 is 0 Å². The number of aromatic nitrogens is 3. The van der Waals surface area contributed by atoms with Gasteiger partial charge in [0.05, 0.1) is 10.6 Å². The Morgan fingerprint density at radius 3 is 2.75 bits per heavy atom. The quantitative estimate of drug-likeness (QED) is 0.747. The number of nitrogens with one attached hydrogen (secondary N) is 2. The molecule has 0 fully saturated rings. The number of rotatable bonds is 5. The second-order valence-electron chi connectivity index (χ2n) is 5.16. The van der Waals surface area contributed by atoms with Crippen LogP contribution in [0.15, 0.2) is 49.1 Å². The molecule has 122 valence electrons. The molecule has 7 heteroatoms. The highest BCUT2D eigenvalue weighted by Gasteiger charge is 2.11. The number of aryl methyl sites for hydroxylation is 1. The summed E-state index contributed by atoms with van der Waals surface area (Å²) in [5.74, 6) is 0. The SMILES string of the molecule is Cc1nc(NC(=O)NCCc2cccnc2)sc1-c1ccncc1. The van der Waals surface area contributed by atoms with Crippen LogP contribution in [0.5, 0.6) is 0 Å². The minimum atomic E-state index is -0.256. The normalized spacial score (nSPS) is 10.4. The van der Waals surface area contributed by atoms with Gasteiger partial charge in [-0.1, -0.05) is 17.4 Å². The average Bonchev–Trinajstić information content (AvgIpc) is 2.97. The molecule has 0 spiro atoms. The largest absolute Gasteiger partial charge is 0.337 e. The summed E-state index contributed by atoms with van der Waals surface area (Å²) < 4.78 is 0. The molecule has 0 aliphatic heterocycles. The predicted octanol–water partition coefficient (Wildman–Crippen LogP) is 3.27. The first-order valence-corrected chi connectivity index (χ1v) is 8.35. The van der Waals surface area contributed by atoms with Crippen LogP contribution in [0, 0.1) is 6.92 Å². The standard InChI is InChI=1S/C17H17N5OS/c1-12-15(14-5-8-18-9-6-14)24-17(21-12)22-16(23)20-10-4-13-3-2-7-19-11-13/h2-3,5-9,11H,4,10H2,1H3,(H2,20,21,22,23). The average molecular weight is 339 g/mol. The van der Waals surface area contributed by atoms with Crippen LogP contribution in [-0.2, 0) is 6.42 Å². The van der Waals surface area contributed by atoms with Crippen molar-refractivity contribution >= 4 is 22.5 Å². The van der Waals surface area contributed by atoms with Crippen LogP contribution >= 0.6 is 11.3 Å². The summed E-state index contributed by atoms with van der Waals surface area (Å²) in [6.45, 7) is 2.47. The molecule has 0 radical (unpaired) electrons. The number of carbonyl (C=O) groups excluding carboxylic acids is 1. The summed E-state index contributed by atoms with van der Waals surface area (Å²) in [7, 11) is 0. The third-order valence-corrected chi connectivity index (χ3v) is 4.50. The van der Waals surface area contributed by atoms with Crippen molar-refractivity contribution in [2.45, 2.75) is 13.3 Å². The number of nitrogens with zero attached hydrogens (tertiary/aromatic N) is 3. The molecule has 0 saturated heterocycles. The number of anilines is 1. The Bertz CT molecular complexity index is 804. The zero-order valence-electron chi connectivity index (χ0n) is 13.2. The van der Waals surface area contributed by atoms with Gasteiger partial charge in [0.15, 0.2) is 5.13 Å². The van der Waals surface area contributed by atoms with Gasteiger partial charge in [-0.2, -0.15) is 0 Å². The summed E-state index contributed by atoms with van der Waals surface area (Å²) in [6.07, 6.45) is 7.75. The molecule has 0 unspecified atom stereocenters. The number of urea groups is 1. The first-order valence-electron chi connectivity index (χ1n) is 7.54. The van der Waals surface area contributed by atoms with Crippen LogP contribution in [-0.4, -0.2) is 27.5 Å². The van der Waals surface area contributed by atoms with Crippen molar-refractivity contribution in [2.75, 3.05) is 11.9 Å². The molecule has 0 bridgehead atoms. The maximum Gasteiger partial charge on any atom is 0.321 e. The van der Waals surface area contributed by atoms with Crippen molar-refractivity contribution in [3.63, 3.8) is 0 Å². The molecule has 3 rings (SSSR count). The van der Waals surface area contributed by atoms with Crippen molar-refractivity contribution < 1.29 is 4.79 Å². The zero-order valence-corrected chi connectivity index (χ0v) is 14.0. The topological polar surface area (TPSA) is 79.8 Å². The number of carbonyl (C=O) groups is 1. The second-order valence-corrected chi connectivity index (χ2v) is 6.16.